The molecule has 0 bridgehead atoms. The lowest BCUT2D eigenvalue weighted by Gasteiger charge is -2.32. The number of aryl methyl sites for hydroxylation is 1. The van der Waals surface area contributed by atoms with Crippen LogP contribution >= 0.6 is 11.3 Å². The number of nitriles is 1. The van der Waals surface area contributed by atoms with Crippen molar-refractivity contribution in [3.05, 3.63) is 10.6 Å². The Morgan fingerprint density at radius 2 is 2.06 bits per heavy atom. The van der Waals surface area contributed by atoms with E-state index in [1.54, 1.807) is 11.3 Å². The minimum Gasteiger partial charge on any atom is -0.346 e. The highest BCUT2D eigenvalue weighted by Gasteiger charge is 2.19. The van der Waals surface area contributed by atoms with Crippen LogP contribution in [0.1, 0.15) is 23.9 Å². The van der Waals surface area contributed by atoms with Crippen molar-refractivity contribution in [1.29, 1.82) is 5.26 Å². The largest absolute Gasteiger partial charge is 0.346 e. The quantitative estimate of drug-likeness (QED) is 0.833. The Morgan fingerprint density at radius 3 is 2.67 bits per heavy atom. The summed E-state index contributed by atoms with van der Waals surface area (Å²) in [5, 5.41) is 9.98. The lowest BCUT2D eigenvalue weighted by atomic mass is 10.2. The van der Waals surface area contributed by atoms with Crippen molar-refractivity contribution in [3.63, 3.8) is 0 Å². The summed E-state index contributed by atoms with van der Waals surface area (Å²) in [6.07, 6.45) is 2.58. The molecule has 0 amide bonds. The number of thiazole rings is 1. The Morgan fingerprint density at radius 1 is 1.33 bits per heavy atom. The second-order valence-corrected chi connectivity index (χ2v) is 5.80. The van der Waals surface area contributed by atoms with Gasteiger partial charge >= 0.3 is 0 Å². The Hall–Kier alpha value is -1.12. The van der Waals surface area contributed by atoms with Gasteiger partial charge in [-0.2, -0.15) is 5.26 Å². The average molecular weight is 264 g/mol. The number of rotatable bonds is 4. The second-order valence-electron chi connectivity index (χ2n) is 4.74. The van der Waals surface area contributed by atoms with Crippen LogP contribution in [0.3, 0.4) is 0 Å². The summed E-state index contributed by atoms with van der Waals surface area (Å²) in [4.78, 5) is 10.6. The Bertz CT molecular complexity index is 427. The first-order valence-electron chi connectivity index (χ1n) is 6.53. The SMILES string of the molecule is CCCc1nc(N2CCN(C)CC2)sc1CC#N. The average Bonchev–Trinajstić information content (AvgIpc) is 2.75. The minimum atomic E-state index is 0.501. The molecule has 2 rings (SSSR count). The number of nitrogens with zero attached hydrogens (tertiary/aromatic N) is 4. The Balaban J connectivity index is 2.13. The zero-order valence-electron chi connectivity index (χ0n) is 11.1. The smallest absolute Gasteiger partial charge is 0.185 e. The molecule has 0 atom stereocenters. The zero-order valence-corrected chi connectivity index (χ0v) is 12.0. The van der Waals surface area contributed by atoms with Gasteiger partial charge in [0, 0.05) is 31.1 Å². The van der Waals surface area contributed by atoms with E-state index in [0.717, 1.165) is 54.7 Å². The van der Waals surface area contributed by atoms with Gasteiger partial charge in [-0.05, 0) is 13.5 Å². The maximum atomic E-state index is 8.88. The molecule has 0 unspecified atom stereocenters. The van der Waals surface area contributed by atoms with Gasteiger partial charge in [-0.25, -0.2) is 4.98 Å². The van der Waals surface area contributed by atoms with E-state index in [4.69, 9.17) is 10.2 Å². The molecule has 0 N–H and O–H groups in total. The Labute approximate surface area is 113 Å². The maximum Gasteiger partial charge on any atom is 0.185 e. The van der Waals surface area contributed by atoms with E-state index in [0.29, 0.717) is 6.42 Å². The van der Waals surface area contributed by atoms with Crippen molar-refractivity contribution < 1.29 is 0 Å². The van der Waals surface area contributed by atoms with Crippen LogP contribution in [0.5, 0.6) is 0 Å². The number of anilines is 1. The van der Waals surface area contributed by atoms with Gasteiger partial charge in [0.25, 0.3) is 0 Å². The highest BCUT2D eigenvalue weighted by Crippen LogP contribution is 2.28. The van der Waals surface area contributed by atoms with E-state index in [2.05, 4.69) is 29.8 Å². The zero-order chi connectivity index (χ0) is 13.0. The number of hydrogen-bond acceptors (Lipinski definition) is 5. The third-order valence-corrected chi connectivity index (χ3v) is 4.43. The van der Waals surface area contributed by atoms with Gasteiger partial charge < -0.3 is 9.80 Å². The predicted molar refractivity (Wildman–Crippen MR) is 75.1 cm³/mol. The van der Waals surface area contributed by atoms with E-state index in [-0.39, 0.29) is 0 Å². The van der Waals surface area contributed by atoms with Crippen LogP contribution < -0.4 is 4.90 Å². The normalized spacial score (nSPS) is 16.8. The molecule has 2 heterocycles. The van der Waals surface area contributed by atoms with Crippen LogP contribution in [0.25, 0.3) is 0 Å². The van der Waals surface area contributed by atoms with Crippen LogP contribution in [-0.2, 0) is 12.8 Å². The van der Waals surface area contributed by atoms with Crippen LogP contribution in [0.2, 0.25) is 0 Å². The van der Waals surface area contributed by atoms with Gasteiger partial charge in [-0.1, -0.05) is 13.3 Å². The first-order valence-corrected chi connectivity index (χ1v) is 7.35. The molecular formula is C13H20N4S. The highest BCUT2D eigenvalue weighted by molar-refractivity contribution is 7.15. The molecule has 1 aliphatic heterocycles. The molecule has 18 heavy (non-hydrogen) atoms. The molecule has 1 aliphatic rings. The molecule has 0 spiro atoms. The van der Waals surface area contributed by atoms with Crippen molar-refractivity contribution in [3.8, 4) is 6.07 Å². The third-order valence-electron chi connectivity index (χ3n) is 3.27. The van der Waals surface area contributed by atoms with Crippen LogP contribution in [0, 0.1) is 11.3 Å². The summed E-state index contributed by atoms with van der Waals surface area (Å²) in [6.45, 7) is 6.43. The fourth-order valence-electron chi connectivity index (χ4n) is 2.14. The van der Waals surface area contributed by atoms with Crippen LogP contribution in [0.15, 0.2) is 0 Å². The second kappa shape index (κ2) is 6.17. The maximum absolute atomic E-state index is 8.88. The number of hydrogen-bond donors (Lipinski definition) is 0. The summed E-state index contributed by atoms with van der Waals surface area (Å²) in [5.41, 5.74) is 1.14. The van der Waals surface area contributed by atoms with Crippen LogP contribution in [-0.4, -0.2) is 43.1 Å². The Kier molecular flexibility index (Phi) is 4.56. The number of piperazine rings is 1. The van der Waals surface area contributed by atoms with Crippen molar-refractivity contribution in [1.82, 2.24) is 9.88 Å². The molecule has 1 aromatic rings. The molecule has 1 aromatic heterocycles. The van der Waals surface area contributed by atoms with E-state index in [9.17, 15) is 0 Å². The monoisotopic (exact) mass is 264 g/mol. The fourth-order valence-corrected chi connectivity index (χ4v) is 3.23. The molecule has 1 saturated heterocycles. The van der Waals surface area contributed by atoms with Gasteiger partial charge in [0.15, 0.2) is 5.13 Å². The number of likely N-dealkylation sites (N-methyl/N-ethyl adjacent to an activating group) is 1. The molecule has 5 heteroatoms. The highest BCUT2D eigenvalue weighted by atomic mass is 32.1. The van der Waals surface area contributed by atoms with Crippen LogP contribution in [0.4, 0.5) is 5.13 Å². The van der Waals surface area contributed by atoms with Gasteiger partial charge in [0.1, 0.15) is 0 Å². The van der Waals surface area contributed by atoms with Gasteiger partial charge in [-0.3, -0.25) is 0 Å². The number of aromatic nitrogens is 1. The molecule has 98 valence electrons. The summed E-state index contributed by atoms with van der Waals surface area (Å²) in [7, 11) is 2.16. The topological polar surface area (TPSA) is 43.2 Å². The van der Waals surface area contributed by atoms with E-state index >= 15 is 0 Å². The summed E-state index contributed by atoms with van der Waals surface area (Å²) in [6, 6.07) is 2.25. The standard InChI is InChI=1S/C13H20N4S/c1-3-4-11-12(5-6-14)18-13(15-11)17-9-7-16(2)8-10-17/h3-5,7-10H2,1-2H3. The van der Waals surface area contributed by atoms with Crippen molar-refractivity contribution >= 4 is 16.5 Å². The van der Waals surface area contributed by atoms with Crippen molar-refractivity contribution in [2.45, 2.75) is 26.2 Å². The van der Waals surface area contributed by atoms with Gasteiger partial charge in [-0.15, -0.1) is 11.3 Å². The molecule has 0 aromatic carbocycles. The summed E-state index contributed by atoms with van der Waals surface area (Å²) in [5.74, 6) is 0. The van der Waals surface area contributed by atoms with E-state index < -0.39 is 0 Å². The molecule has 0 saturated carbocycles. The first kappa shape index (κ1) is 13.3. The molecule has 0 aliphatic carbocycles. The van der Waals surface area contributed by atoms with Crippen molar-refractivity contribution in [2.24, 2.45) is 0 Å². The first-order chi connectivity index (χ1) is 8.74. The molecule has 1 fully saturated rings. The lowest BCUT2D eigenvalue weighted by Crippen LogP contribution is -2.44. The van der Waals surface area contributed by atoms with E-state index in [1.807, 2.05) is 0 Å². The summed E-state index contributed by atoms with van der Waals surface area (Å²) >= 11 is 1.71. The van der Waals surface area contributed by atoms with Gasteiger partial charge in [0.2, 0.25) is 0 Å². The molecule has 4 nitrogen and oxygen atoms in total. The minimum absolute atomic E-state index is 0.501. The van der Waals surface area contributed by atoms with Gasteiger partial charge in [0.05, 0.1) is 18.2 Å². The summed E-state index contributed by atoms with van der Waals surface area (Å²) < 4.78 is 0. The molecular weight excluding hydrogens is 244 g/mol. The lowest BCUT2D eigenvalue weighted by molar-refractivity contribution is 0.312. The predicted octanol–water partition coefficient (Wildman–Crippen LogP) is 1.91. The molecule has 0 radical (unpaired) electrons. The van der Waals surface area contributed by atoms with E-state index in [1.165, 1.54) is 0 Å². The fraction of sp³-hybridized carbons (Fsp3) is 0.692. The third kappa shape index (κ3) is 3.01. The van der Waals surface area contributed by atoms with Crippen molar-refractivity contribution in [2.75, 3.05) is 38.1 Å².